The molecule has 0 saturated heterocycles. The first-order chi connectivity index (χ1) is 6.74. The van der Waals surface area contributed by atoms with E-state index in [9.17, 15) is 5.11 Å². The summed E-state index contributed by atoms with van der Waals surface area (Å²) < 4.78 is 5.35. The van der Waals surface area contributed by atoms with E-state index in [-0.39, 0.29) is 0 Å². The molecular formula is C12H14O2. The summed E-state index contributed by atoms with van der Waals surface area (Å²) in [6.45, 7) is 3.89. The molecule has 14 heavy (non-hydrogen) atoms. The zero-order chi connectivity index (χ0) is 10.4. The van der Waals surface area contributed by atoms with Crippen LogP contribution in [0.5, 0.6) is 5.75 Å². The van der Waals surface area contributed by atoms with Crippen molar-refractivity contribution in [2.45, 2.75) is 20.0 Å². The molecule has 1 N–H and O–H groups in total. The van der Waals surface area contributed by atoms with Crippen molar-refractivity contribution in [1.82, 2.24) is 0 Å². The highest BCUT2D eigenvalue weighted by atomic mass is 16.5. The first-order valence-electron chi connectivity index (χ1n) is 4.54. The second-order valence-electron chi connectivity index (χ2n) is 2.96. The third kappa shape index (κ3) is 3.12. The summed E-state index contributed by atoms with van der Waals surface area (Å²) in [5.41, 5.74) is 0.854. The van der Waals surface area contributed by atoms with Gasteiger partial charge in [-0.25, -0.2) is 0 Å². The number of aliphatic hydroxyl groups excluding tert-OH is 1. The van der Waals surface area contributed by atoms with Crippen molar-refractivity contribution in [3.8, 4) is 17.6 Å². The molecule has 1 rings (SSSR count). The van der Waals surface area contributed by atoms with Crippen molar-refractivity contribution in [1.29, 1.82) is 0 Å². The van der Waals surface area contributed by atoms with E-state index in [1.54, 1.807) is 13.8 Å². The molecular weight excluding hydrogens is 176 g/mol. The Morgan fingerprint density at radius 2 is 2.29 bits per heavy atom. The minimum atomic E-state index is -0.462. The fourth-order valence-electron chi connectivity index (χ4n) is 1.06. The number of benzene rings is 1. The summed E-state index contributed by atoms with van der Waals surface area (Å²) in [7, 11) is 0. The number of hydrogen-bond acceptors (Lipinski definition) is 2. The zero-order valence-electron chi connectivity index (χ0n) is 8.45. The van der Waals surface area contributed by atoms with Crippen LogP contribution < -0.4 is 4.74 Å². The Kier molecular flexibility index (Phi) is 4.03. The zero-order valence-corrected chi connectivity index (χ0v) is 8.45. The Hall–Kier alpha value is -1.46. The third-order valence-electron chi connectivity index (χ3n) is 1.83. The Balaban J connectivity index is 2.67. The molecule has 0 aliphatic rings. The minimum absolute atomic E-state index is 0.389. The van der Waals surface area contributed by atoms with Crippen molar-refractivity contribution in [3.63, 3.8) is 0 Å². The van der Waals surface area contributed by atoms with E-state index in [1.807, 2.05) is 24.3 Å². The maximum atomic E-state index is 9.34. The predicted octanol–water partition coefficient (Wildman–Crippen LogP) is 2.14. The SMILES string of the molecule is CC#CCOc1cccc([C@H](C)O)c1. The highest BCUT2D eigenvalue weighted by Crippen LogP contribution is 2.18. The molecule has 0 aliphatic carbocycles. The average molecular weight is 190 g/mol. The lowest BCUT2D eigenvalue weighted by atomic mass is 10.1. The second-order valence-corrected chi connectivity index (χ2v) is 2.96. The molecule has 74 valence electrons. The van der Waals surface area contributed by atoms with Crippen molar-refractivity contribution < 1.29 is 9.84 Å². The van der Waals surface area contributed by atoms with E-state index in [0.717, 1.165) is 11.3 Å². The van der Waals surface area contributed by atoms with Crippen molar-refractivity contribution in [2.24, 2.45) is 0 Å². The summed E-state index contributed by atoms with van der Waals surface area (Å²) in [4.78, 5) is 0. The highest BCUT2D eigenvalue weighted by Gasteiger charge is 2.01. The van der Waals surface area contributed by atoms with Gasteiger partial charge in [0.15, 0.2) is 0 Å². The number of rotatable bonds is 3. The minimum Gasteiger partial charge on any atom is -0.481 e. The summed E-state index contributed by atoms with van der Waals surface area (Å²) in [5.74, 6) is 6.30. The predicted molar refractivity (Wildman–Crippen MR) is 56.0 cm³/mol. The van der Waals surface area contributed by atoms with Gasteiger partial charge in [-0.2, -0.15) is 0 Å². The average Bonchev–Trinajstić information content (AvgIpc) is 2.19. The molecule has 2 heteroatoms. The van der Waals surface area contributed by atoms with E-state index >= 15 is 0 Å². The molecule has 0 unspecified atom stereocenters. The van der Waals surface area contributed by atoms with Crippen LogP contribution in [0.3, 0.4) is 0 Å². The Labute approximate surface area is 84.5 Å². The first-order valence-corrected chi connectivity index (χ1v) is 4.54. The lowest BCUT2D eigenvalue weighted by molar-refractivity contribution is 0.198. The molecule has 1 atom stereocenters. The number of ether oxygens (including phenoxy) is 1. The largest absolute Gasteiger partial charge is 0.481 e. The van der Waals surface area contributed by atoms with Gasteiger partial charge in [-0.1, -0.05) is 18.1 Å². The fourth-order valence-corrected chi connectivity index (χ4v) is 1.06. The molecule has 1 aromatic carbocycles. The molecule has 0 aliphatic heterocycles. The lowest BCUT2D eigenvalue weighted by Crippen LogP contribution is -1.96. The lowest BCUT2D eigenvalue weighted by Gasteiger charge is -2.07. The van der Waals surface area contributed by atoms with Gasteiger partial charge in [-0.3, -0.25) is 0 Å². The molecule has 1 aromatic rings. The van der Waals surface area contributed by atoms with Gasteiger partial charge in [-0.05, 0) is 31.5 Å². The normalized spacial score (nSPS) is 11.4. The van der Waals surface area contributed by atoms with E-state index in [2.05, 4.69) is 11.8 Å². The Morgan fingerprint density at radius 3 is 2.93 bits per heavy atom. The van der Waals surface area contributed by atoms with Crippen LogP contribution >= 0.6 is 0 Å². The summed E-state index contributed by atoms with van der Waals surface area (Å²) >= 11 is 0. The molecule has 0 spiro atoms. The summed E-state index contributed by atoms with van der Waals surface area (Å²) in [6, 6.07) is 7.39. The molecule has 2 nitrogen and oxygen atoms in total. The first kappa shape index (κ1) is 10.6. The maximum Gasteiger partial charge on any atom is 0.149 e. The number of aliphatic hydroxyl groups is 1. The smallest absolute Gasteiger partial charge is 0.149 e. The van der Waals surface area contributed by atoms with Crippen molar-refractivity contribution in [2.75, 3.05) is 6.61 Å². The molecule has 0 aromatic heterocycles. The molecule has 0 fully saturated rings. The van der Waals surface area contributed by atoms with Gasteiger partial charge in [0.1, 0.15) is 12.4 Å². The Morgan fingerprint density at radius 1 is 1.50 bits per heavy atom. The van der Waals surface area contributed by atoms with Crippen LogP contribution in [0, 0.1) is 11.8 Å². The molecule has 0 radical (unpaired) electrons. The highest BCUT2D eigenvalue weighted by molar-refractivity contribution is 5.29. The van der Waals surface area contributed by atoms with Gasteiger partial charge in [0.2, 0.25) is 0 Å². The van der Waals surface area contributed by atoms with Gasteiger partial charge >= 0.3 is 0 Å². The van der Waals surface area contributed by atoms with Crippen molar-refractivity contribution >= 4 is 0 Å². The molecule has 0 saturated carbocycles. The summed E-state index contributed by atoms with van der Waals surface area (Å²) in [6.07, 6.45) is -0.462. The monoisotopic (exact) mass is 190 g/mol. The van der Waals surface area contributed by atoms with Gasteiger partial charge in [0.05, 0.1) is 6.10 Å². The van der Waals surface area contributed by atoms with Gasteiger partial charge in [-0.15, -0.1) is 5.92 Å². The molecule has 0 bridgehead atoms. The van der Waals surface area contributed by atoms with E-state index in [1.165, 1.54) is 0 Å². The quantitative estimate of drug-likeness (QED) is 0.740. The molecule has 0 amide bonds. The Bertz CT molecular complexity index is 345. The van der Waals surface area contributed by atoms with E-state index in [0.29, 0.717) is 6.61 Å². The van der Waals surface area contributed by atoms with Crippen LogP contribution in [0.2, 0.25) is 0 Å². The van der Waals surface area contributed by atoms with E-state index < -0.39 is 6.10 Å². The fraction of sp³-hybridized carbons (Fsp3) is 0.333. The van der Waals surface area contributed by atoms with Crippen LogP contribution in [-0.4, -0.2) is 11.7 Å². The number of hydrogen-bond donors (Lipinski definition) is 1. The van der Waals surface area contributed by atoms with Gasteiger partial charge in [0, 0.05) is 0 Å². The van der Waals surface area contributed by atoms with E-state index in [4.69, 9.17) is 4.74 Å². The van der Waals surface area contributed by atoms with Crippen LogP contribution in [0.15, 0.2) is 24.3 Å². The second kappa shape index (κ2) is 5.31. The molecule has 0 heterocycles. The summed E-state index contributed by atoms with van der Waals surface area (Å²) in [5, 5.41) is 9.34. The van der Waals surface area contributed by atoms with Gasteiger partial charge < -0.3 is 9.84 Å². The van der Waals surface area contributed by atoms with Crippen molar-refractivity contribution in [3.05, 3.63) is 29.8 Å². The van der Waals surface area contributed by atoms with Crippen LogP contribution in [0.4, 0.5) is 0 Å². The topological polar surface area (TPSA) is 29.5 Å². The standard InChI is InChI=1S/C12H14O2/c1-3-4-8-14-12-7-5-6-11(9-12)10(2)13/h5-7,9-10,13H,8H2,1-2H3/t10-/m0/s1. The van der Waals surface area contributed by atoms with Crippen LogP contribution in [-0.2, 0) is 0 Å². The van der Waals surface area contributed by atoms with Gasteiger partial charge in [0.25, 0.3) is 0 Å². The maximum absolute atomic E-state index is 9.34. The van der Waals surface area contributed by atoms with Crippen LogP contribution in [0.25, 0.3) is 0 Å². The van der Waals surface area contributed by atoms with Crippen LogP contribution in [0.1, 0.15) is 25.5 Å². The third-order valence-corrected chi connectivity index (χ3v) is 1.83.